The Kier molecular flexibility index (Phi) is 6.87. The van der Waals surface area contributed by atoms with Crippen molar-refractivity contribution < 1.29 is 19.0 Å². The van der Waals surface area contributed by atoms with E-state index in [2.05, 4.69) is 12.2 Å². The number of hydrogen-bond acceptors (Lipinski definition) is 5. The Hall–Kier alpha value is -1.79. The van der Waals surface area contributed by atoms with Crippen LogP contribution in [0.4, 0.5) is 5.69 Å². The van der Waals surface area contributed by atoms with Gasteiger partial charge >= 0.3 is 0 Å². The fraction of sp³-hybridized carbons (Fsp3) is 0.611. The van der Waals surface area contributed by atoms with Crippen LogP contribution in [-0.4, -0.2) is 37.9 Å². The van der Waals surface area contributed by atoms with Crippen molar-refractivity contribution in [2.24, 2.45) is 5.73 Å². The van der Waals surface area contributed by atoms with Crippen LogP contribution >= 0.6 is 0 Å². The molecule has 0 atom stereocenters. The van der Waals surface area contributed by atoms with E-state index in [1.165, 1.54) is 0 Å². The molecule has 0 unspecified atom stereocenters. The number of nitrogens with two attached hydrogens (primary N) is 1. The Bertz CT molecular complexity index is 542. The number of amides is 1. The van der Waals surface area contributed by atoms with Crippen LogP contribution in [0.25, 0.3) is 0 Å². The van der Waals surface area contributed by atoms with Gasteiger partial charge in [0.1, 0.15) is 5.54 Å². The van der Waals surface area contributed by atoms with E-state index in [9.17, 15) is 4.79 Å². The highest BCUT2D eigenvalue weighted by Crippen LogP contribution is 2.31. The first-order chi connectivity index (χ1) is 11.6. The molecule has 1 heterocycles. The summed E-state index contributed by atoms with van der Waals surface area (Å²) in [6, 6.07) is 5.43. The van der Waals surface area contributed by atoms with Gasteiger partial charge in [-0.3, -0.25) is 4.79 Å². The van der Waals surface area contributed by atoms with Crippen molar-refractivity contribution in [3.05, 3.63) is 18.2 Å². The van der Waals surface area contributed by atoms with Crippen molar-refractivity contribution in [1.29, 1.82) is 0 Å². The quantitative estimate of drug-likeness (QED) is 0.763. The molecule has 6 nitrogen and oxygen atoms in total. The molecule has 2 rings (SSSR count). The molecule has 24 heavy (non-hydrogen) atoms. The zero-order valence-electron chi connectivity index (χ0n) is 14.6. The van der Waals surface area contributed by atoms with Crippen LogP contribution in [0, 0.1) is 0 Å². The Balaban J connectivity index is 2.10. The van der Waals surface area contributed by atoms with Crippen LogP contribution in [0.1, 0.15) is 39.5 Å². The van der Waals surface area contributed by atoms with E-state index in [0.717, 1.165) is 12.8 Å². The van der Waals surface area contributed by atoms with Gasteiger partial charge in [0.2, 0.25) is 5.91 Å². The summed E-state index contributed by atoms with van der Waals surface area (Å²) in [4.78, 5) is 12.5. The average Bonchev–Trinajstić information content (AvgIpc) is 2.59. The maximum absolute atomic E-state index is 12.5. The highest BCUT2D eigenvalue weighted by molar-refractivity contribution is 5.98. The lowest BCUT2D eigenvalue weighted by atomic mass is 9.90. The molecule has 1 amide bonds. The van der Waals surface area contributed by atoms with Gasteiger partial charge in [0.25, 0.3) is 0 Å². The van der Waals surface area contributed by atoms with Crippen molar-refractivity contribution in [3.8, 4) is 11.5 Å². The number of nitrogens with one attached hydrogen (secondary N) is 1. The van der Waals surface area contributed by atoms with Gasteiger partial charge < -0.3 is 25.3 Å². The van der Waals surface area contributed by atoms with Crippen molar-refractivity contribution >= 4 is 11.6 Å². The van der Waals surface area contributed by atoms with Crippen molar-refractivity contribution in [1.82, 2.24) is 0 Å². The second-order valence-corrected chi connectivity index (χ2v) is 6.08. The molecular formula is C18H28N2O4. The summed E-state index contributed by atoms with van der Waals surface area (Å²) < 4.78 is 16.7. The maximum atomic E-state index is 12.5. The first-order valence-corrected chi connectivity index (χ1v) is 8.67. The molecule has 0 aromatic heterocycles. The molecule has 6 heteroatoms. The molecule has 0 aliphatic carbocycles. The van der Waals surface area contributed by atoms with E-state index >= 15 is 0 Å². The standard InChI is InChI=1S/C18H28N2O4/c1-3-9-23-15-6-5-14(13-16(15)24-10-4-2)20-17(21)18(19)7-11-22-12-8-18/h5-6,13H,3-4,7-12,19H2,1-2H3,(H,20,21). The second-order valence-electron chi connectivity index (χ2n) is 6.08. The lowest BCUT2D eigenvalue weighted by Crippen LogP contribution is -2.54. The first-order valence-electron chi connectivity index (χ1n) is 8.67. The van der Waals surface area contributed by atoms with Crippen molar-refractivity contribution in [2.45, 2.75) is 45.1 Å². The summed E-state index contributed by atoms with van der Waals surface area (Å²) in [7, 11) is 0. The van der Waals surface area contributed by atoms with Gasteiger partial charge in [-0.05, 0) is 37.8 Å². The van der Waals surface area contributed by atoms with E-state index in [-0.39, 0.29) is 5.91 Å². The van der Waals surface area contributed by atoms with Gasteiger partial charge in [-0.15, -0.1) is 0 Å². The molecule has 1 saturated heterocycles. The molecule has 1 aromatic rings. The lowest BCUT2D eigenvalue weighted by Gasteiger charge is -2.31. The summed E-state index contributed by atoms with van der Waals surface area (Å²) in [5.74, 6) is 1.15. The number of carbonyl (C=O) groups is 1. The summed E-state index contributed by atoms with van der Waals surface area (Å²) in [5, 5.41) is 2.90. The van der Waals surface area contributed by atoms with Crippen LogP contribution in [0.5, 0.6) is 11.5 Å². The summed E-state index contributed by atoms with van der Waals surface area (Å²) in [5.41, 5.74) is 6.00. The average molecular weight is 336 g/mol. The Morgan fingerprint density at radius 2 is 1.79 bits per heavy atom. The molecule has 0 radical (unpaired) electrons. The minimum atomic E-state index is -0.875. The summed E-state index contributed by atoms with van der Waals surface area (Å²) >= 11 is 0. The molecule has 1 aliphatic rings. The van der Waals surface area contributed by atoms with Gasteiger partial charge in [0.15, 0.2) is 11.5 Å². The number of benzene rings is 1. The third kappa shape index (κ3) is 4.85. The first kappa shape index (κ1) is 18.5. The molecule has 1 fully saturated rings. The van der Waals surface area contributed by atoms with Crippen LogP contribution < -0.4 is 20.5 Å². The maximum Gasteiger partial charge on any atom is 0.244 e. The van der Waals surface area contributed by atoms with Crippen LogP contribution in [0.2, 0.25) is 0 Å². The number of ether oxygens (including phenoxy) is 3. The lowest BCUT2D eigenvalue weighted by molar-refractivity contribution is -0.124. The SMILES string of the molecule is CCCOc1ccc(NC(=O)C2(N)CCOCC2)cc1OCCC. The van der Waals surface area contributed by atoms with Gasteiger partial charge in [-0.25, -0.2) is 0 Å². The zero-order chi connectivity index (χ0) is 17.4. The van der Waals surface area contributed by atoms with Crippen LogP contribution in [-0.2, 0) is 9.53 Å². The fourth-order valence-corrected chi connectivity index (χ4v) is 2.46. The number of carbonyl (C=O) groups excluding carboxylic acids is 1. The van der Waals surface area contributed by atoms with Gasteiger partial charge in [0, 0.05) is 25.0 Å². The Morgan fingerprint density at radius 3 is 2.42 bits per heavy atom. The topological polar surface area (TPSA) is 82.8 Å². The molecule has 3 N–H and O–H groups in total. The Labute approximate surface area is 143 Å². The van der Waals surface area contributed by atoms with E-state index in [1.807, 2.05) is 19.1 Å². The van der Waals surface area contributed by atoms with Crippen LogP contribution in [0.15, 0.2) is 18.2 Å². The highest BCUT2D eigenvalue weighted by atomic mass is 16.5. The smallest absolute Gasteiger partial charge is 0.244 e. The van der Waals surface area contributed by atoms with E-state index in [4.69, 9.17) is 19.9 Å². The van der Waals surface area contributed by atoms with Crippen molar-refractivity contribution in [3.63, 3.8) is 0 Å². The third-order valence-electron chi connectivity index (χ3n) is 3.96. The monoisotopic (exact) mass is 336 g/mol. The molecule has 0 spiro atoms. The zero-order valence-corrected chi connectivity index (χ0v) is 14.6. The fourth-order valence-electron chi connectivity index (χ4n) is 2.46. The summed E-state index contributed by atoms with van der Waals surface area (Å²) in [6.45, 7) is 6.34. The van der Waals surface area contributed by atoms with Crippen LogP contribution in [0.3, 0.4) is 0 Å². The van der Waals surface area contributed by atoms with Gasteiger partial charge in [-0.2, -0.15) is 0 Å². The Morgan fingerprint density at radius 1 is 1.17 bits per heavy atom. The normalized spacial score (nSPS) is 16.5. The number of hydrogen-bond donors (Lipinski definition) is 2. The number of rotatable bonds is 8. The molecule has 1 aliphatic heterocycles. The molecule has 134 valence electrons. The molecule has 1 aromatic carbocycles. The summed E-state index contributed by atoms with van der Waals surface area (Å²) in [6.07, 6.45) is 2.87. The number of anilines is 1. The molecule has 0 bridgehead atoms. The minimum absolute atomic E-state index is 0.186. The largest absolute Gasteiger partial charge is 0.490 e. The predicted octanol–water partition coefficient (Wildman–Crippen LogP) is 2.71. The molecular weight excluding hydrogens is 308 g/mol. The van der Waals surface area contributed by atoms with E-state index < -0.39 is 5.54 Å². The molecule has 0 saturated carbocycles. The third-order valence-corrected chi connectivity index (χ3v) is 3.96. The van der Waals surface area contributed by atoms with Gasteiger partial charge in [-0.1, -0.05) is 13.8 Å². The predicted molar refractivity (Wildman–Crippen MR) is 93.6 cm³/mol. The van der Waals surface area contributed by atoms with Crippen molar-refractivity contribution in [2.75, 3.05) is 31.7 Å². The minimum Gasteiger partial charge on any atom is -0.490 e. The second kappa shape index (κ2) is 8.89. The van der Waals surface area contributed by atoms with E-state index in [0.29, 0.717) is 56.5 Å². The van der Waals surface area contributed by atoms with Gasteiger partial charge in [0.05, 0.1) is 13.2 Å². The van der Waals surface area contributed by atoms with E-state index in [1.54, 1.807) is 6.07 Å². The highest BCUT2D eigenvalue weighted by Gasteiger charge is 2.36.